The number of amides is 1. The molecular weight excluding hydrogens is 248 g/mol. The molecule has 1 aromatic heterocycles. The summed E-state index contributed by atoms with van der Waals surface area (Å²) in [4.78, 5) is 15.3. The molecule has 6 heteroatoms. The Hall–Kier alpha value is -1.01. The molecule has 2 atom stereocenters. The number of nitrogens with zero attached hydrogens (tertiary/aromatic N) is 3. The summed E-state index contributed by atoms with van der Waals surface area (Å²) in [5, 5.41) is 7.41. The minimum absolute atomic E-state index is 0.0925. The second kappa shape index (κ2) is 5.75. The van der Waals surface area contributed by atoms with E-state index in [9.17, 15) is 4.79 Å². The van der Waals surface area contributed by atoms with Crippen LogP contribution in [0, 0.1) is 0 Å². The molecule has 1 aliphatic heterocycles. The highest BCUT2D eigenvalue weighted by Gasteiger charge is 2.31. The summed E-state index contributed by atoms with van der Waals surface area (Å²) in [6.45, 7) is 7.95. The Morgan fingerprint density at radius 1 is 1.44 bits per heavy atom. The molecular formula is C12H20N4OS. The molecule has 0 radical (unpaired) electrons. The molecule has 1 aromatic rings. The molecule has 0 bridgehead atoms. The van der Waals surface area contributed by atoms with Crippen LogP contribution in [0.1, 0.15) is 42.6 Å². The van der Waals surface area contributed by atoms with E-state index < -0.39 is 0 Å². The zero-order chi connectivity index (χ0) is 13.1. The Morgan fingerprint density at radius 3 is 2.72 bits per heavy atom. The third-order valence-corrected chi connectivity index (χ3v) is 4.06. The molecule has 1 amide bonds. The number of aromatic nitrogens is 2. The van der Waals surface area contributed by atoms with E-state index in [0.717, 1.165) is 36.5 Å². The third kappa shape index (κ3) is 2.54. The smallest absolute Gasteiger partial charge is 0.268 e. The van der Waals surface area contributed by atoms with Gasteiger partial charge >= 0.3 is 0 Å². The number of nitrogens with one attached hydrogen (secondary N) is 1. The van der Waals surface area contributed by atoms with Gasteiger partial charge < -0.3 is 10.2 Å². The van der Waals surface area contributed by atoms with E-state index in [4.69, 9.17) is 0 Å². The lowest BCUT2D eigenvalue weighted by atomic mass is 10.1. The Balaban J connectivity index is 2.21. The number of hydrogen-bond acceptors (Lipinski definition) is 5. The summed E-state index contributed by atoms with van der Waals surface area (Å²) in [6.07, 6.45) is 1.81. The van der Waals surface area contributed by atoms with Gasteiger partial charge in [0.2, 0.25) is 0 Å². The number of piperazine rings is 1. The van der Waals surface area contributed by atoms with Gasteiger partial charge in [-0.25, -0.2) is 0 Å². The van der Waals surface area contributed by atoms with Crippen molar-refractivity contribution in [1.82, 2.24) is 19.8 Å². The molecule has 1 fully saturated rings. The van der Waals surface area contributed by atoms with Crippen molar-refractivity contribution in [3.63, 3.8) is 0 Å². The first kappa shape index (κ1) is 13.4. The van der Waals surface area contributed by atoms with Crippen molar-refractivity contribution in [3.8, 4) is 0 Å². The molecule has 18 heavy (non-hydrogen) atoms. The first-order chi connectivity index (χ1) is 8.65. The molecule has 1 aliphatic rings. The fraction of sp³-hybridized carbons (Fsp3) is 0.750. The minimum atomic E-state index is 0.0925. The Morgan fingerprint density at radius 2 is 2.11 bits per heavy atom. The maximum absolute atomic E-state index is 12.6. The van der Waals surface area contributed by atoms with Crippen molar-refractivity contribution in [2.45, 2.75) is 45.7 Å². The van der Waals surface area contributed by atoms with E-state index in [1.165, 1.54) is 11.5 Å². The van der Waals surface area contributed by atoms with Gasteiger partial charge in [0.15, 0.2) is 0 Å². The molecule has 0 aliphatic carbocycles. The van der Waals surface area contributed by atoms with Crippen LogP contribution in [0.15, 0.2) is 0 Å². The third-order valence-electron chi connectivity index (χ3n) is 3.30. The highest BCUT2D eigenvalue weighted by Crippen LogP contribution is 2.20. The quantitative estimate of drug-likeness (QED) is 0.898. The van der Waals surface area contributed by atoms with Gasteiger partial charge in [0.05, 0.1) is 5.69 Å². The zero-order valence-corrected chi connectivity index (χ0v) is 12.0. The van der Waals surface area contributed by atoms with Gasteiger partial charge in [-0.05, 0) is 31.8 Å². The van der Waals surface area contributed by atoms with Gasteiger partial charge in [0.1, 0.15) is 4.88 Å². The lowest BCUT2D eigenvalue weighted by molar-refractivity contribution is 0.0548. The van der Waals surface area contributed by atoms with Crippen molar-refractivity contribution in [1.29, 1.82) is 0 Å². The van der Waals surface area contributed by atoms with Crippen LogP contribution >= 0.6 is 11.5 Å². The van der Waals surface area contributed by atoms with Crippen LogP contribution in [0.4, 0.5) is 0 Å². The predicted octanol–water partition coefficient (Wildman–Crippen LogP) is 1.31. The van der Waals surface area contributed by atoms with E-state index in [2.05, 4.69) is 35.7 Å². The highest BCUT2D eigenvalue weighted by molar-refractivity contribution is 7.08. The Labute approximate surface area is 112 Å². The normalized spacial score (nSPS) is 24.3. The standard InChI is InChI=1S/C12H20N4OS/c1-4-5-10-11(18-15-14-10)12(17)16-8(2)6-13-7-9(16)3/h8-9,13H,4-7H2,1-3H3. The van der Waals surface area contributed by atoms with Crippen molar-refractivity contribution in [2.75, 3.05) is 13.1 Å². The molecule has 0 saturated carbocycles. The molecule has 2 heterocycles. The lowest BCUT2D eigenvalue weighted by Gasteiger charge is -2.39. The molecule has 1 saturated heterocycles. The van der Waals surface area contributed by atoms with Crippen LogP contribution in [0.3, 0.4) is 0 Å². The highest BCUT2D eigenvalue weighted by atomic mass is 32.1. The monoisotopic (exact) mass is 268 g/mol. The van der Waals surface area contributed by atoms with Crippen LogP contribution in [0.5, 0.6) is 0 Å². The average molecular weight is 268 g/mol. The van der Waals surface area contributed by atoms with Gasteiger partial charge in [-0.2, -0.15) is 0 Å². The number of carbonyl (C=O) groups is 1. The molecule has 2 unspecified atom stereocenters. The van der Waals surface area contributed by atoms with E-state index in [1.807, 2.05) is 4.90 Å². The van der Waals surface area contributed by atoms with E-state index in [0.29, 0.717) is 0 Å². The maximum Gasteiger partial charge on any atom is 0.268 e. The first-order valence-electron chi connectivity index (χ1n) is 6.49. The van der Waals surface area contributed by atoms with Crippen molar-refractivity contribution < 1.29 is 4.79 Å². The summed E-state index contributed by atoms with van der Waals surface area (Å²) in [5.74, 6) is 0.0925. The summed E-state index contributed by atoms with van der Waals surface area (Å²) in [7, 11) is 0. The van der Waals surface area contributed by atoms with Gasteiger partial charge in [-0.1, -0.05) is 17.8 Å². The Bertz CT molecular complexity index is 410. The largest absolute Gasteiger partial charge is 0.330 e. The summed E-state index contributed by atoms with van der Waals surface area (Å²) in [6, 6.07) is 0.440. The number of hydrogen-bond donors (Lipinski definition) is 1. The topological polar surface area (TPSA) is 58.1 Å². The summed E-state index contributed by atoms with van der Waals surface area (Å²) >= 11 is 1.22. The SMILES string of the molecule is CCCc1nnsc1C(=O)N1C(C)CNCC1C. The number of aryl methyl sites for hydroxylation is 1. The van der Waals surface area contributed by atoms with Gasteiger partial charge in [-0.15, -0.1) is 5.10 Å². The number of carbonyl (C=O) groups excluding carboxylic acids is 1. The van der Waals surface area contributed by atoms with Crippen molar-refractivity contribution >= 4 is 17.4 Å². The molecule has 2 rings (SSSR count). The van der Waals surface area contributed by atoms with Gasteiger partial charge in [0.25, 0.3) is 5.91 Å². The van der Waals surface area contributed by atoms with Crippen LogP contribution in [-0.2, 0) is 6.42 Å². The summed E-state index contributed by atoms with van der Waals surface area (Å²) in [5.41, 5.74) is 0.852. The first-order valence-corrected chi connectivity index (χ1v) is 7.27. The van der Waals surface area contributed by atoms with Gasteiger partial charge in [-0.3, -0.25) is 4.79 Å². The Kier molecular flexibility index (Phi) is 4.29. The molecule has 5 nitrogen and oxygen atoms in total. The van der Waals surface area contributed by atoms with Crippen molar-refractivity contribution in [3.05, 3.63) is 10.6 Å². The molecule has 0 aromatic carbocycles. The lowest BCUT2D eigenvalue weighted by Crippen LogP contribution is -2.57. The van der Waals surface area contributed by atoms with Crippen LogP contribution in [0.2, 0.25) is 0 Å². The second-order valence-corrected chi connectivity index (χ2v) is 5.62. The fourth-order valence-electron chi connectivity index (χ4n) is 2.42. The predicted molar refractivity (Wildman–Crippen MR) is 71.9 cm³/mol. The molecule has 1 N–H and O–H groups in total. The number of rotatable bonds is 3. The fourth-order valence-corrected chi connectivity index (χ4v) is 3.07. The van der Waals surface area contributed by atoms with E-state index in [-0.39, 0.29) is 18.0 Å². The molecule has 100 valence electrons. The van der Waals surface area contributed by atoms with E-state index >= 15 is 0 Å². The summed E-state index contributed by atoms with van der Waals surface area (Å²) < 4.78 is 3.94. The minimum Gasteiger partial charge on any atom is -0.330 e. The van der Waals surface area contributed by atoms with Crippen LogP contribution in [0.25, 0.3) is 0 Å². The zero-order valence-electron chi connectivity index (χ0n) is 11.1. The van der Waals surface area contributed by atoms with E-state index in [1.54, 1.807) is 0 Å². The second-order valence-electron chi connectivity index (χ2n) is 4.87. The van der Waals surface area contributed by atoms with Crippen LogP contribution in [-0.4, -0.2) is 45.6 Å². The maximum atomic E-state index is 12.6. The molecule has 0 spiro atoms. The van der Waals surface area contributed by atoms with Crippen molar-refractivity contribution in [2.24, 2.45) is 0 Å². The van der Waals surface area contributed by atoms with Crippen LogP contribution < -0.4 is 5.32 Å². The average Bonchev–Trinajstić information content (AvgIpc) is 2.77. The van der Waals surface area contributed by atoms with Gasteiger partial charge in [0, 0.05) is 25.2 Å².